The fraction of sp³-hybridized carbons (Fsp3) is 0.556. The largest absolute Gasteiger partial charge is 0.445 e. The van der Waals surface area contributed by atoms with E-state index in [1.165, 1.54) is 0 Å². The highest BCUT2D eigenvalue weighted by Crippen LogP contribution is 2.21. The summed E-state index contributed by atoms with van der Waals surface area (Å²) < 4.78 is 76.0. The molecule has 0 aliphatic rings. The lowest BCUT2D eigenvalue weighted by Gasteiger charge is -2.23. The zero-order valence-electron chi connectivity index (χ0n) is 9.14. The van der Waals surface area contributed by atoms with Crippen molar-refractivity contribution < 1.29 is 40.7 Å². The lowest BCUT2D eigenvalue weighted by atomic mass is 10.4. The van der Waals surface area contributed by atoms with Crippen LogP contribution in [0.4, 0.5) is 26.3 Å². The Morgan fingerprint density at radius 3 is 1.79 bits per heavy atom. The van der Waals surface area contributed by atoms with E-state index < -0.39 is 48.8 Å². The Balaban J connectivity index is 4.88. The van der Waals surface area contributed by atoms with Gasteiger partial charge < -0.3 is 9.64 Å². The maximum absolute atomic E-state index is 12.0. The average Bonchev–Trinajstić information content (AvgIpc) is 2.19. The van der Waals surface area contributed by atoms with Crippen molar-refractivity contribution in [2.24, 2.45) is 0 Å². The van der Waals surface area contributed by atoms with E-state index in [9.17, 15) is 35.9 Å². The number of nitrogens with zero attached hydrogens (tertiary/aromatic N) is 1. The molecule has 0 spiro atoms. The summed E-state index contributed by atoms with van der Waals surface area (Å²) in [5.74, 6) is -2.22. The zero-order chi connectivity index (χ0) is 15.3. The highest BCUT2D eigenvalue weighted by Gasteiger charge is 2.41. The molecule has 10 heteroatoms. The number of rotatable bonds is 3. The summed E-state index contributed by atoms with van der Waals surface area (Å²) in [4.78, 5) is 21.2. The molecule has 0 fully saturated rings. The topological polar surface area (TPSA) is 46.6 Å². The first kappa shape index (κ1) is 17.1. The fourth-order valence-electron chi connectivity index (χ4n) is 0.930. The van der Waals surface area contributed by atoms with Crippen LogP contribution in [-0.4, -0.2) is 48.8 Å². The number of halogens is 6. The second kappa shape index (κ2) is 6.31. The molecule has 0 atom stereocenters. The standard InChI is InChI=1S/C9H7F6NO3/c1-2-3-19-7(18)6(17)16(4-8(10,11)12)5-9(13,14)15/h1H,3-5H2. The minimum atomic E-state index is -5.09. The molecule has 4 nitrogen and oxygen atoms in total. The van der Waals surface area contributed by atoms with Crippen molar-refractivity contribution in [2.45, 2.75) is 12.4 Å². The van der Waals surface area contributed by atoms with Gasteiger partial charge in [0.05, 0.1) is 0 Å². The molecule has 0 saturated carbocycles. The van der Waals surface area contributed by atoms with Crippen LogP contribution in [0, 0.1) is 12.3 Å². The van der Waals surface area contributed by atoms with Gasteiger partial charge in [0.1, 0.15) is 13.1 Å². The van der Waals surface area contributed by atoms with E-state index in [1.54, 1.807) is 5.92 Å². The summed E-state index contributed by atoms with van der Waals surface area (Å²) in [6, 6.07) is 0. The molecule has 0 aliphatic carbocycles. The van der Waals surface area contributed by atoms with Crippen LogP contribution in [0.3, 0.4) is 0 Å². The Labute approximate surface area is 103 Å². The van der Waals surface area contributed by atoms with Gasteiger partial charge in [0, 0.05) is 0 Å². The van der Waals surface area contributed by atoms with Crippen molar-refractivity contribution in [3.8, 4) is 12.3 Å². The van der Waals surface area contributed by atoms with Gasteiger partial charge in [0.15, 0.2) is 6.61 Å². The van der Waals surface area contributed by atoms with E-state index in [0.29, 0.717) is 0 Å². The van der Waals surface area contributed by atoms with Crippen LogP contribution >= 0.6 is 0 Å². The molecule has 0 aromatic heterocycles. The van der Waals surface area contributed by atoms with Crippen LogP contribution in [-0.2, 0) is 14.3 Å². The van der Waals surface area contributed by atoms with Crippen molar-refractivity contribution in [2.75, 3.05) is 19.7 Å². The minimum Gasteiger partial charge on any atom is -0.445 e. The lowest BCUT2D eigenvalue weighted by Crippen LogP contribution is -2.47. The SMILES string of the molecule is C#CCOC(=O)C(=O)N(CC(F)(F)F)CC(F)(F)F. The molecular formula is C9H7F6NO3. The Morgan fingerprint density at radius 1 is 1.05 bits per heavy atom. The van der Waals surface area contributed by atoms with Gasteiger partial charge in [0.2, 0.25) is 0 Å². The summed E-state index contributed by atoms with van der Waals surface area (Å²) >= 11 is 0. The predicted octanol–water partition coefficient (Wildman–Crippen LogP) is 1.12. The summed E-state index contributed by atoms with van der Waals surface area (Å²) in [5, 5.41) is 0. The summed E-state index contributed by atoms with van der Waals surface area (Å²) in [7, 11) is 0. The van der Waals surface area contributed by atoms with Gasteiger partial charge in [-0.2, -0.15) is 26.3 Å². The van der Waals surface area contributed by atoms with Gasteiger partial charge in [-0.15, -0.1) is 6.42 Å². The third kappa shape index (κ3) is 7.91. The second-order valence-corrected chi connectivity index (χ2v) is 3.17. The van der Waals surface area contributed by atoms with E-state index in [2.05, 4.69) is 11.2 Å². The molecule has 0 rings (SSSR count). The van der Waals surface area contributed by atoms with Gasteiger partial charge in [-0.1, -0.05) is 5.92 Å². The number of hydrogen-bond acceptors (Lipinski definition) is 3. The molecule has 1 amide bonds. The second-order valence-electron chi connectivity index (χ2n) is 3.17. The molecular weight excluding hydrogens is 284 g/mol. The summed E-state index contributed by atoms with van der Waals surface area (Å²) in [6.07, 6.45) is -5.54. The number of terminal acetylenes is 1. The Bertz CT molecular complexity index is 365. The average molecular weight is 291 g/mol. The normalized spacial score (nSPS) is 11.6. The van der Waals surface area contributed by atoms with E-state index in [-0.39, 0.29) is 0 Å². The van der Waals surface area contributed by atoms with Crippen molar-refractivity contribution in [3.63, 3.8) is 0 Å². The molecule has 0 radical (unpaired) electrons. The summed E-state index contributed by atoms with van der Waals surface area (Å²) in [6.45, 7) is -5.19. The highest BCUT2D eigenvalue weighted by atomic mass is 19.4. The van der Waals surface area contributed by atoms with Gasteiger partial charge in [-0.05, 0) is 0 Å². The molecule has 0 aliphatic heterocycles. The first-order chi connectivity index (χ1) is 8.46. The first-order valence-corrected chi connectivity index (χ1v) is 4.49. The number of amides is 1. The van der Waals surface area contributed by atoms with E-state index in [0.717, 1.165) is 0 Å². The van der Waals surface area contributed by atoms with Crippen molar-refractivity contribution in [1.29, 1.82) is 0 Å². The van der Waals surface area contributed by atoms with Crippen molar-refractivity contribution in [3.05, 3.63) is 0 Å². The molecule has 0 saturated heterocycles. The van der Waals surface area contributed by atoms with Crippen LogP contribution in [0.25, 0.3) is 0 Å². The number of hydrogen-bond donors (Lipinski definition) is 0. The zero-order valence-corrected chi connectivity index (χ0v) is 9.14. The van der Waals surface area contributed by atoms with E-state index in [1.807, 2.05) is 0 Å². The summed E-state index contributed by atoms with van der Waals surface area (Å²) in [5.41, 5.74) is 0. The predicted molar refractivity (Wildman–Crippen MR) is 48.5 cm³/mol. The van der Waals surface area contributed by atoms with Gasteiger partial charge in [-0.25, -0.2) is 4.79 Å². The smallest absolute Gasteiger partial charge is 0.406 e. The minimum absolute atomic E-state index is 0.709. The molecule has 108 valence electrons. The van der Waals surface area contributed by atoms with Crippen LogP contribution in [0.1, 0.15) is 0 Å². The number of esters is 1. The molecule has 0 heterocycles. The molecule has 0 unspecified atom stereocenters. The number of alkyl halides is 6. The van der Waals surface area contributed by atoms with Crippen LogP contribution in [0.15, 0.2) is 0 Å². The maximum Gasteiger partial charge on any atom is 0.406 e. The third-order valence-electron chi connectivity index (χ3n) is 1.49. The van der Waals surface area contributed by atoms with Crippen molar-refractivity contribution in [1.82, 2.24) is 4.90 Å². The highest BCUT2D eigenvalue weighted by molar-refractivity contribution is 6.32. The fourth-order valence-corrected chi connectivity index (χ4v) is 0.930. The van der Waals surface area contributed by atoms with Gasteiger partial charge in [0.25, 0.3) is 0 Å². The maximum atomic E-state index is 12.0. The molecule has 19 heavy (non-hydrogen) atoms. The van der Waals surface area contributed by atoms with E-state index >= 15 is 0 Å². The lowest BCUT2D eigenvalue weighted by molar-refractivity contribution is -0.191. The van der Waals surface area contributed by atoms with Crippen LogP contribution < -0.4 is 0 Å². The molecule has 0 N–H and O–H groups in total. The quantitative estimate of drug-likeness (QED) is 0.339. The van der Waals surface area contributed by atoms with E-state index in [4.69, 9.17) is 0 Å². The monoisotopic (exact) mass is 291 g/mol. The third-order valence-corrected chi connectivity index (χ3v) is 1.49. The first-order valence-electron chi connectivity index (χ1n) is 4.49. The van der Waals surface area contributed by atoms with Crippen LogP contribution in [0.5, 0.6) is 0 Å². The Morgan fingerprint density at radius 2 is 1.47 bits per heavy atom. The Kier molecular flexibility index (Phi) is 5.67. The number of carbonyl (C=O) groups excluding carboxylic acids is 2. The molecule has 0 aromatic rings. The molecule has 0 bridgehead atoms. The Hall–Kier alpha value is -1.92. The molecule has 0 aromatic carbocycles. The van der Waals surface area contributed by atoms with Crippen LogP contribution in [0.2, 0.25) is 0 Å². The van der Waals surface area contributed by atoms with Crippen molar-refractivity contribution >= 4 is 11.9 Å². The number of ether oxygens (including phenoxy) is 1. The van der Waals surface area contributed by atoms with Gasteiger partial charge in [-0.3, -0.25) is 4.79 Å². The van der Waals surface area contributed by atoms with Gasteiger partial charge >= 0.3 is 24.2 Å². The number of carbonyl (C=O) groups is 2.